The molecule has 2 N–H and O–H groups in total. The van der Waals surface area contributed by atoms with E-state index in [2.05, 4.69) is 4.74 Å². The number of rotatable bonds is 3. The predicted molar refractivity (Wildman–Crippen MR) is 35.1 cm³/mol. The van der Waals surface area contributed by atoms with E-state index in [-0.39, 0.29) is 6.42 Å². The van der Waals surface area contributed by atoms with Gasteiger partial charge in [-0.1, -0.05) is 0 Å². The number of methoxy groups -OCH3 is 1. The van der Waals surface area contributed by atoms with E-state index in [0.29, 0.717) is 0 Å². The van der Waals surface area contributed by atoms with Gasteiger partial charge >= 0.3 is 6.18 Å². The largest absolute Gasteiger partial charge is 0.414 e. The quantitative estimate of drug-likeness (QED) is 0.694. The highest BCUT2D eigenvalue weighted by Gasteiger charge is 2.39. The molecule has 0 fully saturated rings. The van der Waals surface area contributed by atoms with Crippen molar-refractivity contribution in [3.05, 3.63) is 0 Å². The number of hydrogen-bond donors (Lipinski definition) is 1. The van der Waals surface area contributed by atoms with Gasteiger partial charge in [-0.25, -0.2) is 0 Å². The summed E-state index contributed by atoms with van der Waals surface area (Å²) < 4.78 is 39.9. The fourth-order valence-corrected chi connectivity index (χ4v) is 0.701. The zero-order valence-electron chi connectivity index (χ0n) is 6.48. The molecule has 0 aromatic heterocycles. The van der Waals surface area contributed by atoms with Crippen LogP contribution in [0.5, 0.6) is 0 Å². The molecule has 0 aromatic rings. The van der Waals surface area contributed by atoms with Crippen LogP contribution in [-0.2, 0) is 4.74 Å². The first kappa shape index (κ1) is 10.7. The van der Waals surface area contributed by atoms with Gasteiger partial charge in [0.05, 0.1) is 0 Å². The van der Waals surface area contributed by atoms with Crippen molar-refractivity contribution in [2.45, 2.75) is 31.7 Å². The zero-order valence-corrected chi connectivity index (χ0v) is 6.48. The summed E-state index contributed by atoms with van der Waals surface area (Å²) in [6.07, 6.45) is -6.23. The van der Waals surface area contributed by atoms with Crippen LogP contribution < -0.4 is 5.73 Å². The van der Waals surface area contributed by atoms with E-state index in [9.17, 15) is 13.2 Å². The van der Waals surface area contributed by atoms with Gasteiger partial charge in [-0.2, -0.15) is 13.2 Å². The fourth-order valence-electron chi connectivity index (χ4n) is 0.701. The Morgan fingerprint density at radius 2 is 1.91 bits per heavy atom. The molecule has 0 aliphatic carbocycles. The Bertz CT molecular complexity index is 113. The van der Waals surface area contributed by atoms with E-state index in [1.807, 2.05) is 0 Å². The van der Waals surface area contributed by atoms with Gasteiger partial charge in [0, 0.05) is 13.2 Å². The van der Waals surface area contributed by atoms with E-state index < -0.39 is 18.3 Å². The molecular formula is C6H12F3NO. The lowest BCUT2D eigenvalue weighted by atomic mass is 10.1. The van der Waals surface area contributed by atoms with E-state index in [1.165, 1.54) is 6.92 Å². The third-order valence-electron chi connectivity index (χ3n) is 1.24. The average Bonchev–Trinajstić information content (AvgIpc) is 1.79. The predicted octanol–water partition coefficient (Wildman–Crippen LogP) is 1.30. The normalized spacial score (nSPS) is 18.0. The Morgan fingerprint density at radius 3 is 2.00 bits per heavy atom. The molecular weight excluding hydrogens is 159 g/mol. The number of ether oxygens (including phenoxy) is 1. The average molecular weight is 171 g/mol. The van der Waals surface area contributed by atoms with Crippen molar-refractivity contribution in [2.24, 2.45) is 5.73 Å². The summed E-state index contributed by atoms with van der Waals surface area (Å²) in [5.74, 6) is 0. The van der Waals surface area contributed by atoms with Crippen molar-refractivity contribution >= 4 is 0 Å². The van der Waals surface area contributed by atoms with Crippen LogP contribution in [0.4, 0.5) is 13.2 Å². The Labute approximate surface area is 63.5 Å². The van der Waals surface area contributed by atoms with E-state index in [4.69, 9.17) is 5.73 Å². The first-order chi connectivity index (χ1) is 4.88. The zero-order chi connectivity index (χ0) is 9.07. The maximum Gasteiger partial charge on any atom is 0.414 e. The Balaban J connectivity index is 3.96. The summed E-state index contributed by atoms with van der Waals surface area (Å²) in [5.41, 5.74) is 5.19. The van der Waals surface area contributed by atoms with Crippen LogP contribution in [0.25, 0.3) is 0 Å². The molecule has 68 valence electrons. The second kappa shape index (κ2) is 3.92. The maximum atomic E-state index is 11.9. The third-order valence-corrected chi connectivity index (χ3v) is 1.24. The van der Waals surface area contributed by atoms with Crippen LogP contribution in [0.1, 0.15) is 13.3 Å². The van der Waals surface area contributed by atoms with Crippen LogP contribution in [0, 0.1) is 0 Å². The van der Waals surface area contributed by atoms with Gasteiger partial charge in [0.2, 0.25) is 0 Å². The molecule has 5 heteroatoms. The minimum Gasteiger partial charge on any atom is -0.372 e. The van der Waals surface area contributed by atoms with Crippen molar-refractivity contribution in [3.8, 4) is 0 Å². The number of halogens is 3. The van der Waals surface area contributed by atoms with Crippen LogP contribution in [0.3, 0.4) is 0 Å². The van der Waals surface area contributed by atoms with Crippen LogP contribution in [0.2, 0.25) is 0 Å². The van der Waals surface area contributed by atoms with Gasteiger partial charge in [-0.05, 0) is 13.3 Å². The highest BCUT2D eigenvalue weighted by atomic mass is 19.4. The number of nitrogens with two attached hydrogens (primary N) is 1. The summed E-state index contributed by atoms with van der Waals surface area (Å²) in [7, 11) is 1.03. The molecule has 2 atom stereocenters. The Morgan fingerprint density at radius 1 is 1.45 bits per heavy atom. The topological polar surface area (TPSA) is 35.2 Å². The molecule has 0 saturated heterocycles. The minimum absolute atomic E-state index is 0.194. The molecule has 0 aliphatic heterocycles. The molecule has 0 rings (SSSR count). The molecule has 0 saturated carbocycles. The monoisotopic (exact) mass is 171 g/mol. The lowest BCUT2D eigenvalue weighted by Crippen LogP contribution is -2.35. The summed E-state index contributed by atoms with van der Waals surface area (Å²) in [6, 6.07) is -0.499. The lowest BCUT2D eigenvalue weighted by molar-refractivity contribution is -0.215. The summed E-state index contributed by atoms with van der Waals surface area (Å²) in [6.45, 7) is 1.51. The van der Waals surface area contributed by atoms with Crippen molar-refractivity contribution in [1.82, 2.24) is 0 Å². The van der Waals surface area contributed by atoms with Crippen molar-refractivity contribution in [3.63, 3.8) is 0 Å². The van der Waals surface area contributed by atoms with Gasteiger partial charge in [0.15, 0.2) is 6.10 Å². The molecule has 0 radical (unpaired) electrons. The van der Waals surface area contributed by atoms with Gasteiger partial charge in [0.25, 0.3) is 0 Å². The first-order valence-electron chi connectivity index (χ1n) is 3.23. The molecule has 0 heterocycles. The fraction of sp³-hybridized carbons (Fsp3) is 1.00. The van der Waals surface area contributed by atoms with Crippen molar-refractivity contribution in [2.75, 3.05) is 7.11 Å². The molecule has 0 aromatic carbocycles. The van der Waals surface area contributed by atoms with E-state index in [1.54, 1.807) is 0 Å². The van der Waals surface area contributed by atoms with Crippen molar-refractivity contribution < 1.29 is 17.9 Å². The summed E-state index contributed by atoms with van der Waals surface area (Å²) in [4.78, 5) is 0. The molecule has 2 nitrogen and oxygen atoms in total. The minimum atomic E-state index is -4.30. The van der Waals surface area contributed by atoms with E-state index >= 15 is 0 Å². The second-order valence-electron chi connectivity index (χ2n) is 2.48. The summed E-state index contributed by atoms with van der Waals surface area (Å²) in [5, 5.41) is 0. The molecule has 11 heavy (non-hydrogen) atoms. The van der Waals surface area contributed by atoms with Crippen molar-refractivity contribution in [1.29, 1.82) is 0 Å². The molecule has 0 aliphatic rings. The number of hydrogen-bond acceptors (Lipinski definition) is 2. The Kier molecular flexibility index (Phi) is 3.82. The number of alkyl halides is 3. The Hall–Kier alpha value is -0.290. The molecule has 2 unspecified atom stereocenters. The van der Waals surface area contributed by atoms with Gasteiger partial charge in [-0.3, -0.25) is 0 Å². The smallest absolute Gasteiger partial charge is 0.372 e. The third kappa shape index (κ3) is 4.21. The van der Waals surface area contributed by atoms with Crippen LogP contribution in [0.15, 0.2) is 0 Å². The summed E-state index contributed by atoms with van der Waals surface area (Å²) >= 11 is 0. The second-order valence-corrected chi connectivity index (χ2v) is 2.48. The highest BCUT2D eigenvalue weighted by molar-refractivity contribution is 4.71. The maximum absolute atomic E-state index is 11.9. The van der Waals surface area contributed by atoms with Crippen LogP contribution in [-0.4, -0.2) is 25.4 Å². The molecule has 0 spiro atoms. The first-order valence-corrected chi connectivity index (χ1v) is 3.23. The van der Waals surface area contributed by atoms with Gasteiger partial charge in [0.1, 0.15) is 0 Å². The van der Waals surface area contributed by atoms with Gasteiger partial charge in [-0.15, -0.1) is 0 Å². The SMILES string of the molecule is COC(CC(C)N)C(F)(F)F. The van der Waals surface area contributed by atoms with Crippen LogP contribution >= 0.6 is 0 Å². The lowest BCUT2D eigenvalue weighted by Gasteiger charge is -2.19. The van der Waals surface area contributed by atoms with Gasteiger partial charge < -0.3 is 10.5 Å². The molecule has 0 bridgehead atoms. The standard InChI is InChI=1S/C6H12F3NO/c1-4(10)3-5(11-2)6(7,8)9/h4-5H,3,10H2,1-2H3. The molecule has 0 amide bonds. The van der Waals surface area contributed by atoms with E-state index in [0.717, 1.165) is 7.11 Å². The highest BCUT2D eigenvalue weighted by Crippen LogP contribution is 2.25.